The fraction of sp³-hybridized carbons (Fsp3) is 0.0800. The van der Waals surface area contributed by atoms with Crippen molar-refractivity contribution in [1.29, 1.82) is 0 Å². The van der Waals surface area contributed by atoms with Crippen molar-refractivity contribution < 1.29 is 4.74 Å². The van der Waals surface area contributed by atoms with Crippen molar-refractivity contribution in [2.45, 2.75) is 13.0 Å². The fourth-order valence-corrected chi connectivity index (χ4v) is 3.33. The van der Waals surface area contributed by atoms with E-state index in [-0.39, 0.29) is 0 Å². The fourth-order valence-electron chi connectivity index (χ4n) is 3.33. The Balaban J connectivity index is 1.33. The third-order valence-corrected chi connectivity index (χ3v) is 4.93. The lowest BCUT2D eigenvalue weighted by atomic mass is 10.1. The van der Waals surface area contributed by atoms with Crippen LogP contribution in [-0.4, -0.2) is 19.8 Å². The number of hydrogen-bond acceptors (Lipinski definition) is 4. The summed E-state index contributed by atoms with van der Waals surface area (Å²) >= 11 is 0. The first kappa shape index (κ1) is 18.1. The van der Waals surface area contributed by atoms with Gasteiger partial charge in [0.15, 0.2) is 11.5 Å². The minimum Gasteiger partial charge on any atom is -0.489 e. The lowest BCUT2D eigenvalue weighted by Crippen LogP contribution is -2.01. The van der Waals surface area contributed by atoms with Crippen LogP contribution in [0.1, 0.15) is 17.0 Å². The summed E-state index contributed by atoms with van der Waals surface area (Å²) < 4.78 is 7.69. The molecule has 0 N–H and O–H groups in total. The molecule has 5 rings (SSSR count). The van der Waals surface area contributed by atoms with Crippen LogP contribution in [0.15, 0.2) is 97.1 Å². The summed E-state index contributed by atoms with van der Waals surface area (Å²) in [6.45, 7) is 0.557. The molecule has 0 radical (unpaired) electrons. The van der Waals surface area contributed by atoms with Crippen LogP contribution in [0.25, 0.3) is 16.9 Å². The van der Waals surface area contributed by atoms with Gasteiger partial charge in [-0.25, -0.2) is 0 Å². The van der Waals surface area contributed by atoms with Gasteiger partial charge >= 0.3 is 0 Å². The molecule has 0 amide bonds. The highest BCUT2D eigenvalue weighted by Crippen LogP contribution is 2.19. The van der Waals surface area contributed by atoms with E-state index in [4.69, 9.17) is 9.84 Å². The highest BCUT2D eigenvalue weighted by molar-refractivity contribution is 5.60. The van der Waals surface area contributed by atoms with Crippen LogP contribution < -0.4 is 4.74 Å². The average molecular weight is 392 g/mol. The average Bonchev–Trinajstić information content (AvgIpc) is 3.22. The van der Waals surface area contributed by atoms with Crippen molar-refractivity contribution in [3.63, 3.8) is 0 Å². The van der Waals surface area contributed by atoms with Gasteiger partial charge in [0, 0.05) is 12.0 Å². The zero-order valence-corrected chi connectivity index (χ0v) is 16.3. The van der Waals surface area contributed by atoms with Crippen LogP contribution in [0, 0.1) is 0 Å². The molecular weight excluding hydrogens is 372 g/mol. The van der Waals surface area contributed by atoms with Crippen molar-refractivity contribution in [2.24, 2.45) is 0 Å². The Morgan fingerprint density at radius 3 is 2.17 bits per heavy atom. The Morgan fingerprint density at radius 2 is 1.40 bits per heavy atom. The van der Waals surface area contributed by atoms with Crippen molar-refractivity contribution in [2.75, 3.05) is 0 Å². The highest BCUT2D eigenvalue weighted by Gasteiger charge is 2.10. The molecule has 0 saturated carbocycles. The predicted octanol–water partition coefficient (Wildman–Crippen LogP) is 4.96. The second kappa shape index (κ2) is 8.17. The maximum Gasteiger partial charge on any atom is 0.177 e. The van der Waals surface area contributed by atoms with E-state index in [0.29, 0.717) is 13.0 Å². The molecule has 5 aromatic rings. The SMILES string of the molecule is c1ccc(COc2ccc(Cc3nnc4ccc(-c5ccccc5)nn34)cc2)cc1. The molecule has 0 bridgehead atoms. The van der Waals surface area contributed by atoms with Gasteiger partial charge in [-0.05, 0) is 35.4 Å². The molecule has 0 fully saturated rings. The molecule has 0 unspecified atom stereocenters. The van der Waals surface area contributed by atoms with Gasteiger partial charge in [-0.15, -0.1) is 10.2 Å². The summed E-state index contributed by atoms with van der Waals surface area (Å²) in [5, 5.41) is 13.3. The molecule has 0 atom stereocenters. The smallest absolute Gasteiger partial charge is 0.177 e. The Hall–Kier alpha value is -3.99. The first-order valence-corrected chi connectivity index (χ1v) is 9.87. The molecule has 5 heteroatoms. The van der Waals surface area contributed by atoms with Crippen LogP contribution in [0.4, 0.5) is 0 Å². The van der Waals surface area contributed by atoms with Crippen molar-refractivity contribution in [3.8, 4) is 17.0 Å². The van der Waals surface area contributed by atoms with E-state index >= 15 is 0 Å². The molecule has 0 aliphatic heterocycles. The maximum atomic E-state index is 5.87. The number of rotatable bonds is 6. The standard InChI is InChI=1S/C25H20N4O/c1-3-7-20(8-4-1)18-30-22-13-11-19(12-14-22)17-25-27-26-24-16-15-23(28-29(24)25)21-9-5-2-6-10-21/h1-16H,17-18H2. The Labute approximate surface area is 174 Å². The molecule has 0 aliphatic rings. The van der Waals surface area contributed by atoms with Gasteiger partial charge < -0.3 is 4.74 Å². The van der Waals surface area contributed by atoms with E-state index < -0.39 is 0 Å². The molecular formula is C25H20N4O. The number of benzene rings is 3. The molecule has 2 aromatic heterocycles. The first-order valence-electron chi connectivity index (χ1n) is 9.87. The van der Waals surface area contributed by atoms with Crippen LogP contribution in [0.2, 0.25) is 0 Å². The first-order chi connectivity index (χ1) is 14.8. The van der Waals surface area contributed by atoms with Crippen molar-refractivity contribution >= 4 is 5.65 Å². The Morgan fingerprint density at radius 1 is 0.667 bits per heavy atom. The van der Waals surface area contributed by atoms with Gasteiger partial charge in [0.1, 0.15) is 12.4 Å². The van der Waals surface area contributed by atoms with Gasteiger partial charge in [0.25, 0.3) is 0 Å². The Bertz CT molecular complexity index is 1250. The number of ether oxygens (including phenoxy) is 1. The minimum absolute atomic E-state index is 0.557. The van der Waals surface area contributed by atoms with Crippen molar-refractivity contribution in [1.82, 2.24) is 19.8 Å². The lowest BCUT2D eigenvalue weighted by Gasteiger charge is -2.07. The maximum absolute atomic E-state index is 5.87. The Kier molecular flexibility index (Phi) is 4.92. The summed E-state index contributed by atoms with van der Waals surface area (Å²) in [7, 11) is 0. The van der Waals surface area contributed by atoms with E-state index in [2.05, 4.69) is 34.5 Å². The van der Waals surface area contributed by atoms with Crippen LogP contribution in [0.5, 0.6) is 5.75 Å². The van der Waals surface area contributed by atoms with Crippen LogP contribution in [-0.2, 0) is 13.0 Å². The van der Waals surface area contributed by atoms with Gasteiger partial charge in [0.2, 0.25) is 0 Å². The number of hydrogen-bond donors (Lipinski definition) is 0. The molecule has 0 spiro atoms. The van der Waals surface area contributed by atoms with E-state index in [9.17, 15) is 0 Å². The van der Waals surface area contributed by atoms with Gasteiger partial charge in [-0.3, -0.25) is 0 Å². The topological polar surface area (TPSA) is 52.3 Å². The quantitative estimate of drug-likeness (QED) is 0.410. The largest absolute Gasteiger partial charge is 0.489 e. The normalized spacial score (nSPS) is 10.9. The zero-order valence-electron chi connectivity index (χ0n) is 16.3. The number of nitrogens with zero attached hydrogens (tertiary/aromatic N) is 4. The molecule has 0 aliphatic carbocycles. The second-order valence-electron chi connectivity index (χ2n) is 7.07. The number of fused-ring (bicyclic) bond motifs is 1. The van der Waals surface area contributed by atoms with Gasteiger partial charge in [0.05, 0.1) is 5.69 Å². The molecule has 5 nitrogen and oxygen atoms in total. The summed E-state index contributed by atoms with van der Waals surface area (Å²) in [6, 6.07) is 32.3. The van der Waals surface area contributed by atoms with Crippen LogP contribution in [0.3, 0.4) is 0 Å². The van der Waals surface area contributed by atoms with Gasteiger partial charge in [-0.2, -0.15) is 9.61 Å². The van der Waals surface area contributed by atoms with E-state index in [0.717, 1.165) is 39.6 Å². The monoisotopic (exact) mass is 392 g/mol. The van der Waals surface area contributed by atoms with Gasteiger partial charge in [-0.1, -0.05) is 72.8 Å². The third kappa shape index (κ3) is 3.91. The van der Waals surface area contributed by atoms with E-state index in [1.165, 1.54) is 0 Å². The zero-order chi connectivity index (χ0) is 20.2. The predicted molar refractivity (Wildman–Crippen MR) is 116 cm³/mol. The molecule has 30 heavy (non-hydrogen) atoms. The third-order valence-electron chi connectivity index (χ3n) is 4.93. The van der Waals surface area contributed by atoms with Crippen molar-refractivity contribution in [3.05, 3.63) is 114 Å². The second-order valence-corrected chi connectivity index (χ2v) is 7.07. The van der Waals surface area contributed by atoms with E-state index in [1.807, 2.05) is 77.3 Å². The summed E-state index contributed by atoms with van der Waals surface area (Å²) in [5.41, 5.74) is 4.99. The summed E-state index contributed by atoms with van der Waals surface area (Å²) in [5.74, 6) is 1.65. The molecule has 3 aromatic carbocycles. The van der Waals surface area contributed by atoms with E-state index in [1.54, 1.807) is 0 Å². The summed E-state index contributed by atoms with van der Waals surface area (Å²) in [6.07, 6.45) is 0.644. The van der Waals surface area contributed by atoms with Crippen LogP contribution >= 0.6 is 0 Å². The minimum atomic E-state index is 0.557. The molecule has 0 saturated heterocycles. The molecule has 146 valence electrons. The highest BCUT2D eigenvalue weighted by atomic mass is 16.5. The lowest BCUT2D eigenvalue weighted by molar-refractivity contribution is 0.306. The molecule has 2 heterocycles. The number of aromatic nitrogens is 4. The summed E-state index contributed by atoms with van der Waals surface area (Å²) in [4.78, 5) is 0.